The number of hydrogen-bond donors (Lipinski definition) is 1. The SMILES string of the molecule is CC1CCC(C#N)(C(O)c2cc(Cl)cs2)CC1. The minimum Gasteiger partial charge on any atom is -0.386 e. The lowest BCUT2D eigenvalue weighted by molar-refractivity contribution is 0.0292. The van der Waals surface area contributed by atoms with E-state index in [4.69, 9.17) is 11.6 Å². The predicted octanol–water partition coefficient (Wildman–Crippen LogP) is 4.15. The Morgan fingerprint density at radius 3 is 2.71 bits per heavy atom. The standard InChI is InChI=1S/C13H16ClNOS/c1-9-2-4-13(8-15,5-3-9)12(16)11-6-10(14)7-17-11/h6-7,9,12,16H,2-5H2,1H3. The van der Waals surface area contributed by atoms with Gasteiger partial charge in [0.1, 0.15) is 6.10 Å². The first-order valence-corrected chi connectivity index (χ1v) is 7.16. The van der Waals surface area contributed by atoms with Crippen LogP contribution in [0.2, 0.25) is 5.02 Å². The Kier molecular flexibility index (Phi) is 3.77. The lowest BCUT2D eigenvalue weighted by atomic mass is 9.68. The van der Waals surface area contributed by atoms with E-state index in [0.29, 0.717) is 10.9 Å². The number of halogens is 1. The minimum atomic E-state index is -0.697. The highest BCUT2D eigenvalue weighted by atomic mass is 35.5. The fourth-order valence-corrected chi connectivity index (χ4v) is 3.65. The van der Waals surface area contributed by atoms with Gasteiger partial charge in [-0.05, 0) is 37.7 Å². The van der Waals surface area contributed by atoms with Gasteiger partial charge in [-0.3, -0.25) is 0 Å². The van der Waals surface area contributed by atoms with Crippen LogP contribution in [0.4, 0.5) is 0 Å². The zero-order chi connectivity index (χ0) is 12.5. The molecule has 1 atom stereocenters. The topological polar surface area (TPSA) is 44.0 Å². The third-order valence-electron chi connectivity index (χ3n) is 3.77. The number of nitriles is 1. The molecule has 0 spiro atoms. The van der Waals surface area contributed by atoms with E-state index in [1.165, 1.54) is 11.3 Å². The van der Waals surface area contributed by atoms with Gasteiger partial charge in [-0.25, -0.2) is 0 Å². The molecule has 17 heavy (non-hydrogen) atoms. The summed E-state index contributed by atoms with van der Waals surface area (Å²) in [4.78, 5) is 0.811. The highest BCUT2D eigenvalue weighted by Crippen LogP contribution is 2.48. The van der Waals surface area contributed by atoms with Gasteiger partial charge in [-0.1, -0.05) is 18.5 Å². The van der Waals surface area contributed by atoms with Crippen molar-refractivity contribution < 1.29 is 5.11 Å². The Labute approximate surface area is 111 Å². The molecule has 2 rings (SSSR count). The molecule has 0 aliphatic heterocycles. The third-order valence-corrected chi connectivity index (χ3v) is 5.10. The Morgan fingerprint density at radius 1 is 1.59 bits per heavy atom. The first-order chi connectivity index (χ1) is 8.07. The number of thiophene rings is 1. The Morgan fingerprint density at radius 2 is 2.24 bits per heavy atom. The molecule has 92 valence electrons. The third kappa shape index (κ3) is 2.49. The molecule has 1 heterocycles. The summed E-state index contributed by atoms with van der Waals surface area (Å²) in [7, 11) is 0. The molecule has 2 nitrogen and oxygen atoms in total. The van der Waals surface area contributed by atoms with E-state index < -0.39 is 11.5 Å². The van der Waals surface area contributed by atoms with Crippen LogP contribution in [0.5, 0.6) is 0 Å². The summed E-state index contributed by atoms with van der Waals surface area (Å²) in [6.45, 7) is 2.20. The van der Waals surface area contributed by atoms with Crippen LogP contribution in [0.1, 0.15) is 43.6 Å². The van der Waals surface area contributed by atoms with Crippen LogP contribution in [-0.2, 0) is 0 Å². The molecule has 1 aromatic heterocycles. The first kappa shape index (κ1) is 12.9. The van der Waals surface area contributed by atoms with Crippen LogP contribution >= 0.6 is 22.9 Å². The Hall–Kier alpha value is -0.560. The normalized spacial score (nSPS) is 30.8. The molecule has 1 unspecified atom stereocenters. The molecular weight excluding hydrogens is 254 g/mol. The maximum Gasteiger partial charge on any atom is 0.107 e. The average molecular weight is 270 g/mol. The summed E-state index contributed by atoms with van der Waals surface area (Å²) in [6, 6.07) is 4.13. The van der Waals surface area contributed by atoms with Crippen LogP contribution in [0.25, 0.3) is 0 Å². The van der Waals surface area contributed by atoms with Gasteiger partial charge in [0, 0.05) is 10.3 Å². The Balaban J connectivity index is 2.21. The second-order valence-corrected chi connectivity index (χ2v) is 6.40. The lowest BCUT2D eigenvalue weighted by Crippen LogP contribution is -2.31. The molecule has 1 aromatic rings. The van der Waals surface area contributed by atoms with Crippen molar-refractivity contribution in [3.63, 3.8) is 0 Å². The van der Waals surface area contributed by atoms with Gasteiger partial charge in [0.05, 0.1) is 16.5 Å². The quantitative estimate of drug-likeness (QED) is 0.876. The minimum absolute atomic E-state index is 0.610. The van der Waals surface area contributed by atoms with Crippen molar-refractivity contribution in [3.8, 4) is 6.07 Å². The summed E-state index contributed by atoms with van der Waals surface area (Å²) >= 11 is 7.30. The van der Waals surface area contributed by atoms with Gasteiger partial charge in [-0.15, -0.1) is 11.3 Å². The number of hydrogen-bond acceptors (Lipinski definition) is 3. The van der Waals surface area contributed by atoms with E-state index in [-0.39, 0.29) is 0 Å². The van der Waals surface area contributed by atoms with Crippen molar-refractivity contribution in [2.24, 2.45) is 11.3 Å². The summed E-state index contributed by atoms with van der Waals surface area (Å²) in [5.41, 5.74) is -0.610. The predicted molar refractivity (Wildman–Crippen MR) is 70.0 cm³/mol. The fourth-order valence-electron chi connectivity index (χ4n) is 2.47. The number of rotatable bonds is 2. The van der Waals surface area contributed by atoms with Crippen molar-refractivity contribution in [2.75, 3.05) is 0 Å². The van der Waals surface area contributed by atoms with E-state index >= 15 is 0 Å². The molecule has 4 heteroatoms. The van der Waals surface area contributed by atoms with Crippen LogP contribution in [0.15, 0.2) is 11.4 Å². The largest absolute Gasteiger partial charge is 0.386 e. The van der Waals surface area contributed by atoms with Crippen molar-refractivity contribution >= 4 is 22.9 Å². The van der Waals surface area contributed by atoms with Gasteiger partial charge in [0.2, 0.25) is 0 Å². The molecule has 1 aliphatic rings. The van der Waals surface area contributed by atoms with E-state index in [2.05, 4.69) is 13.0 Å². The summed E-state index contributed by atoms with van der Waals surface area (Å²) in [6.07, 6.45) is 2.90. The van der Waals surface area contributed by atoms with Crippen molar-refractivity contribution in [1.82, 2.24) is 0 Å². The van der Waals surface area contributed by atoms with E-state index in [9.17, 15) is 10.4 Å². The molecule has 1 aliphatic carbocycles. The van der Waals surface area contributed by atoms with Gasteiger partial charge in [0.15, 0.2) is 0 Å². The average Bonchev–Trinajstić information content (AvgIpc) is 2.76. The van der Waals surface area contributed by atoms with Crippen molar-refractivity contribution in [3.05, 3.63) is 21.3 Å². The van der Waals surface area contributed by atoms with Crippen LogP contribution in [0.3, 0.4) is 0 Å². The van der Waals surface area contributed by atoms with Gasteiger partial charge in [-0.2, -0.15) is 5.26 Å². The van der Waals surface area contributed by atoms with Crippen LogP contribution < -0.4 is 0 Å². The van der Waals surface area contributed by atoms with Gasteiger partial charge < -0.3 is 5.11 Å². The molecule has 0 amide bonds. The van der Waals surface area contributed by atoms with E-state index in [1.54, 1.807) is 11.4 Å². The summed E-state index contributed by atoms with van der Waals surface area (Å²) in [5.74, 6) is 0.663. The first-order valence-electron chi connectivity index (χ1n) is 5.90. The summed E-state index contributed by atoms with van der Waals surface area (Å²) in [5, 5.41) is 22.3. The van der Waals surface area contributed by atoms with E-state index in [1.807, 2.05) is 0 Å². The molecule has 0 radical (unpaired) electrons. The van der Waals surface area contributed by atoms with Crippen LogP contribution in [0, 0.1) is 22.7 Å². The molecular formula is C13H16ClNOS. The number of aliphatic hydroxyl groups is 1. The molecule has 0 bridgehead atoms. The second kappa shape index (κ2) is 4.97. The number of aliphatic hydroxyl groups excluding tert-OH is 1. The Bertz CT molecular complexity index is 429. The second-order valence-electron chi connectivity index (χ2n) is 5.02. The molecule has 0 aromatic carbocycles. The van der Waals surface area contributed by atoms with E-state index in [0.717, 1.165) is 30.6 Å². The molecule has 1 fully saturated rings. The van der Waals surface area contributed by atoms with Gasteiger partial charge in [0.25, 0.3) is 0 Å². The maximum atomic E-state index is 10.4. The fraction of sp³-hybridized carbons (Fsp3) is 0.615. The molecule has 1 N–H and O–H groups in total. The monoisotopic (exact) mass is 269 g/mol. The zero-order valence-electron chi connectivity index (χ0n) is 9.82. The molecule has 1 saturated carbocycles. The maximum absolute atomic E-state index is 10.4. The van der Waals surface area contributed by atoms with Gasteiger partial charge >= 0.3 is 0 Å². The lowest BCUT2D eigenvalue weighted by Gasteiger charge is -2.36. The van der Waals surface area contributed by atoms with Crippen LogP contribution in [-0.4, -0.2) is 5.11 Å². The summed E-state index contributed by atoms with van der Waals surface area (Å²) < 4.78 is 0. The molecule has 0 saturated heterocycles. The number of nitrogens with zero attached hydrogens (tertiary/aromatic N) is 1. The van der Waals surface area contributed by atoms with Crippen molar-refractivity contribution in [1.29, 1.82) is 5.26 Å². The highest BCUT2D eigenvalue weighted by molar-refractivity contribution is 7.10. The van der Waals surface area contributed by atoms with Crippen molar-refractivity contribution in [2.45, 2.75) is 38.7 Å². The smallest absolute Gasteiger partial charge is 0.107 e. The zero-order valence-corrected chi connectivity index (χ0v) is 11.4. The highest BCUT2D eigenvalue weighted by Gasteiger charge is 2.42.